The smallest absolute Gasteiger partial charge is 0.0513 e. The molecule has 2 N–H and O–H groups in total. The van der Waals surface area contributed by atoms with Gasteiger partial charge in [0, 0.05) is 31.0 Å². The van der Waals surface area contributed by atoms with Crippen LogP contribution >= 0.6 is 24.8 Å². The van der Waals surface area contributed by atoms with E-state index in [1.807, 2.05) is 18.3 Å². The number of nitrogens with two attached hydrogens (primary N) is 1. The summed E-state index contributed by atoms with van der Waals surface area (Å²) in [6, 6.07) is 4.03. The van der Waals surface area contributed by atoms with Gasteiger partial charge in [0.15, 0.2) is 0 Å². The zero-order valence-corrected chi connectivity index (χ0v) is 9.97. The molecule has 2 atom stereocenters. The highest BCUT2D eigenvalue weighted by atomic mass is 35.5. The Hall–Kier alpha value is -0.350. The topological polar surface area (TPSA) is 48.1 Å². The van der Waals surface area contributed by atoms with Crippen LogP contribution in [0.3, 0.4) is 0 Å². The quantitative estimate of drug-likeness (QED) is 0.874. The maximum atomic E-state index is 6.08. The molecular weight excluding hydrogens is 235 g/mol. The lowest BCUT2D eigenvalue weighted by Gasteiger charge is -2.16. The van der Waals surface area contributed by atoms with Crippen LogP contribution in [0.1, 0.15) is 18.0 Å². The van der Waals surface area contributed by atoms with Crippen molar-refractivity contribution in [2.75, 3.05) is 13.2 Å². The normalized spacial score (nSPS) is 21.3. The molecule has 15 heavy (non-hydrogen) atoms. The van der Waals surface area contributed by atoms with Crippen LogP contribution in [0.5, 0.6) is 0 Å². The second-order valence-electron chi connectivity index (χ2n) is 3.44. The molecule has 1 aliphatic heterocycles. The molecule has 0 bridgehead atoms. The van der Waals surface area contributed by atoms with Crippen LogP contribution in [0.15, 0.2) is 24.5 Å². The van der Waals surface area contributed by atoms with E-state index in [1.165, 1.54) is 0 Å². The Labute approximate surface area is 102 Å². The van der Waals surface area contributed by atoms with E-state index in [2.05, 4.69) is 4.98 Å². The molecule has 5 heteroatoms. The lowest BCUT2D eigenvalue weighted by molar-refractivity contribution is 0.181. The van der Waals surface area contributed by atoms with Crippen LogP contribution in [0.25, 0.3) is 0 Å². The van der Waals surface area contributed by atoms with Crippen molar-refractivity contribution in [1.82, 2.24) is 4.98 Å². The first-order valence-electron chi connectivity index (χ1n) is 4.61. The van der Waals surface area contributed by atoms with Gasteiger partial charge < -0.3 is 10.5 Å². The Kier molecular flexibility index (Phi) is 6.85. The number of hydrogen-bond donors (Lipinski definition) is 1. The predicted molar refractivity (Wildman–Crippen MR) is 64.6 cm³/mol. The van der Waals surface area contributed by atoms with E-state index in [0.29, 0.717) is 5.92 Å². The standard InChI is InChI=1S/C10H14N2O.2ClH/c11-10(9-3-5-13-7-9)8-2-1-4-12-6-8;;/h1-2,4,6,9-10H,3,5,7,11H2;2*1H. The lowest BCUT2D eigenvalue weighted by atomic mass is 9.94. The number of ether oxygens (including phenoxy) is 1. The number of hydrogen-bond acceptors (Lipinski definition) is 3. The summed E-state index contributed by atoms with van der Waals surface area (Å²) in [6.07, 6.45) is 4.67. The fourth-order valence-electron chi connectivity index (χ4n) is 1.68. The van der Waals surface area contributed by atoms with E-state index in [0.717, 1.165) is 25.2 Å². The van der Waals surface area contributed by atoms with Crippen molar-refractivity contribution in [2.24, 2.45) is 11.7 Å². The molecule has 2 unspecified atom stereocenters. The van der Waals surface area contributed by atoms with Crippen LogP contribution in [0.2, 0.25) is 0 Å². The highest BCUT2D eigenvalue weighted by molar-refractivity contribution is 5.85. The second kappa shape index (κ2) is 7.01. The number of halogens is 2. The molecule has 0 saturated carbocycles. The zero-order valence-electron chi connectivity index (χ0n) is 8.33. The molecule has 1 aromatic rings. The minimum absolute atomic E-state index is 0. The third-order valence-electron chi connectivity index (χ3n) is 2.54. The summed E-state index contributed by atoms with van der Waals surface area (Å²) in [5.74, 6) is 0.462. The highest BCUT2D eigenvalue weighted by Crippen LogP contribution is 2.25. The van der Waals surface area contributed by atoms with Gasteiger partial charge in [-0.05, 0) is 18.1 Å². The average Bonchev–Trinajstić information content (AvgIpc) is 2.71. The Bertz CT molecular complexity index is 265. The number of nitrogens with zero attached hydrogens (tertiary/aromatic N) is 1. The van der Waals surface area contributed by atoms with Gasteiger partial charge in [0.05, 0.1) is 6.61 Å². The van der Waals surface area contributed by atoms with E-state index in [-0.39, 0.29) is 30.9 Å². The van der Waals surface area contributed by atoms with Crippen molar-refractivity contribution in [1.29, 1.82) is 0 Å². The first-order valence-corrected chi connectivity index (χ1v) is 4.61. The number of pyridine rings is 1. The van der Waals surface area contributed by atoms with E-state index in [9.17, 15) is 0 Å². The van der Waals surface area contributed by atoms with Crippen molar-refractivity contribution in [3.63, 3.8) is 0 Å². The highest BCUT2D eigenvalue weighted by Gasteiger charge is 2.23. The monoisotopic (exact) mass is 250 g/mol. The van der Waals surface area contributed by atoms with E-state index < -0.39 is 0 Å². The van der Waals surface area contributed by atoms with Gasteiger partial charge >= 0.3 is 0 Å². The largest absolute Gasteiger partial charge is 0.381 e. The van der Waals surface area contributed by atoms with Gasteiger partial charge in [-0.1, -0.05) is 6.07 Å². The van der Waals surface area contributed by atoms with Gasteiger partial charge in [-0.25, -0.2) is 0 Å². The molecule has 3 nitrogen and oxygen atoms in total. The minimum Gasteiger partial charge on any atom is -0.381 e. The molecule has 2 rings (SSSR count). The molecule has 0 amide bonds. The average molecular weight is 251 g/mol. The van der Waals surface area contributed by atoms with Gasteiger partial charge in [0.1, 0.15) is 0 Å². The third-order valence-corrected chi connectivity index (χ3v) is 2.54. The summed E-state index contributed by atoms with van der Waals surface area (Å²) < 4.78 is 5.30. The van der Waals surface area contributed by atoms with Crippen molar-refractivity contribution in [3.8, 4) is 0 Å². The van der Waals surface area contributed by atoms with E-state index in [4.69, 9.17) is 10.5 Å². The maximum Gasteiger partial charge on any atom is 0.0513 e. The number of rotatable bonds is 2. The third kappa shape index (κ3) is 3.61. The van der Waals surface area contributed by atoms with Gasteiger partial charge in [0.25, 0.3) is 0 Å². The van der Waals surface area contributed by atoms with Gasteiger partial charge in [-0.3, -0.25) is 4.98 Å². The van der Waals surface area contributed by atoms with Crippen LogP contribution in [-0.2, 0) is 4.74 Å². The summed E-state index contributed by atoms with van der Waals surface area (Å²) in [4.78, 5) is 4.06. The molecule has 0 spiro atoms. The lowest BCUT2D eigenvalue weighted by Crippen LogP contribution is -2.21. The molecule has 2 heterocycles. The predicted octanol–water partition coefficient (Wildman–Crippen LogP) is 1.96. The number of aromatic nitrogens is 1. The van der Waals surface area contributed by atoms with Crippen LogP contribution in [-0.4, -0.2) is 18.2 Å². The minimum atomic E-state index is 0. The Morgan fingerprint density at radius 3 is 2.80 bits per heavy atom. The van der Waals surface area contributed by atoms with Crippen LogP contribution < -0.4 is 5.73 Å². The fraction of sp³-hybridized carbons (Fsp3) is 0.500. The SMILES string of the molecule is Cl.Cl.NC(c1cccnc1)C1CCOC1. The van der Waals surface area contributed by atoms with Crippen molar-refractivity contribution >= 4 is 24.8 Å². The zero-order chi connectivity index (χ0) is 9.10. The Morgan fingerprint density at radius 1 is 1.47 bits per heavy atom. The summed E-state index contributed by atoms with van der Waals surface area (Å²) in [5.41, 5.74) is 7.19. The summed E-state index contributed by atoms with van der Waals surface area (Å²) >= 11 is 0. The molecule has 1 aliphatic rings. The fourth-order valence-corrected chi connectivity index (χ4v) is 1.68. The Morgan fingerprint density at radius 2 is 2.27 bits per heavy atom. The first kappa shape index (κ1) is 14.6. The molecule has 0 aromatic carbocycles. The van der Waals surface area contributed by atoms with E-state index >= 15 is 0 Å². The molecule has 86 valence electrons. The molecule has 1 aromatic heterocycles. The van der Waals surface area contributed by atoms with Gasteiger partial charge in [-0.15, -0.1) is 24.8 Å². The van der Waals surface area contributed by atoms with Crippen LogP contribution in [0.4, 0.5) is 0 Å². The molecule has 0 radical (unpaired) electrons. The second-order valence-corrected chi connectivity index (χ2v) is 3.44. The van der Waals surface area contributed by atoms with E-state index in [1.54, 1.807) is 6.20 Å². The summed E-state index contributed by atoms with van der Waals surface area (Å²) in [5, 5.41) is 0. The summed E-state index contributed by atoms with van der Waals surface area (Å²) in [7, 11) is 0. The maximum absolute atomic E-state index is 6.08. The van der Waals surface area contributed by atoms with Crippen molar-refractivity contribution in [2.45, 2.75) is 12.5 Å². The van der Waals surface area contributed by atoms with Crippen molar-refractivity contribution < 1.29 is 4.74 Å². The van der Waals surface area contributed by atoms with Gasteiger partial charge in [0.2, 0.25) is 0 Å². The molecule has 0 aliphatic carbocycles. The molecule has 1 fully saturated rings. The Balaban J connectivity index is 0.000000980. The first-order chi connectivity index (χ1) is 6.38. The summed E-state index contributed by atoms with van der Waals surface area (Å²) in [6.45, 7) is 1.63. The van der Waals surface area contributed by atoms with Crippen molar-refractivity contribution in [3.05, 3.63) is 30.1 Å². The van der Waals surface area contributed by atoms with Crippen LogP contribution in [0, 0.1) is 5.92 Å². The molecular formula is C10H16Cl2N2O. The van der Waals surface area contributed by atoms with Gasteiger partial charge in [-0.2, -0.15) is 0 Å². The molecule has 1 saturated heterocycles.